The number of ether oxygens (including phenoxy) is 1. The molecule has 0 aromatic carbocycles. The zero-order valence-electron chi connectivity index (χ0n) is 12.7. The molecule has 2 aliphatic carbocycles. The van der Waals surface area contributed by atoms with Gasteiger partial charge < -0.3 is 9.84 Å². The zero-order valence-corrected chi connectivity index (χ0v) is 12.7. The molecule has 1 heterocycles. The molecule has 2 saturated carbocycles. The van der Waals surface area contributed by atoms with Gasteiger partial charge in [-0.05, 0) is 32.1 Å². The lowest BCUT2D eigenvalue weighted by molar-refractivity contribution is -0.237. The molecule has 4 heteroatoms. The van der Waals surface area contributed by atoms with Gasteiger partial charge in [0.1, 0.15) is 0 Å². The van der Waals surface area contributed by atoms with Crippen LogP contribution in [0.1, 0.15) is 53.4 Å². The molecule has 20 heavy (non-hydrogen) atoms. The van der Waals surface area contributed by atoms with Gasteiger partial charge in [0.15, 0.2) is 17.0 Å². The number of carbonyl (C=O) groups excluding carboxylic acids is 2. The van der Waals surface area contributed by atoms with Gasteiger partial charge >= 0.3 is 5.97 Å². The summed E-state index contributed by atoms with van der Waals surface area (Å²) in [5.74, 6) is -0.907. The lowest BCUT2D eigenvalue weighted by Gasteiger charge is -2.61. The number of aliphatic hydroxyl groups is 1. The maximum Gasteiger partial charge on any atom is 0.312 e. The van der Waals surface area contributed by atoms with Crippen molar-refractivity contribution in [3.8, 4) is 0 Å². The van der Waals surface area contributed by atoms with Crippen LogP contribution in [-0.4, -0.2) is 28.1 Å². The highest BCUT2D eigenvalue weighted by Gasteiger charge is 2.77. The van der Waals surface area contributed by atoms with Gasteiger partial charge in [-0.1, -0.05) is 26.7 Å². The maximum atomic E-state index is 12.6. The molecule has 1 aliphatic heterocycles. The first kappa shape index (κ1) is 14.1. The minimum atomic E-state index is -1.67. The molecule has 0 unspecified atom stereocenters. The SMILES string of the molecule is C[C@H]1CCC[C@H]2CC(=O)[C@]3(O)[C@@H](C)C(=O)O[C@]3(C)[C@@]21C. The molecular weight excluding hydrogens is 256 g/mol. The molecule has 4 nitrogen and oxygen atoms in total. The largest absolute Gasteiger partial charge is 0.455 e. The summed E-state index contributed by atoms with van der Waals surface area (Å²) in [7, 11) is 0. The second-order valence-corrected chi connectivity index (χ2v) is 7.38. The third-order valence-electron chi connectivity index (χ3n) is 6.96. The second-order valence-electron chi connectivity index (χ2n) is 7.38. The zero-order chi connectivity index (χ0) is 14.9. The Morgan fingerprint density at radius 1 is 1.20 bits per heavy atom. The van der Waals surface area contributed by atoms with Gasteiger partial charge in [-0.3, -0.25) is 9.59 Å². The third-order valence-corrected chi connectivity index (χ3v) is 6.96. The Bertz CT molecular complexity index is 487. The third kappa shape index (κ3) is 1.23. The summed E-state index contributed by atoms with van der Waals surface area (Å²) in [6.07, 6.45) is 3.50. The van der Waals surface area contributed by atoms with E-state index in [1.165, 1.54) is 0 Å². The molecule has 1 N–H and O–H groups in total. The fourth-order valence-electron chi connectivity index (χ4n) is 5.20. The van der Waals surface area contributed by atoms with Gasteiger partial charge in [0, 0.05) is 11.8 Å². The van der Waals surface area contributed by atoms with Crippen molar-refractivity contribution >= 4 is 11.8 Å². The van der Waals surface area contributed by atoms with Crippen LogP contribution in [0, 0.1) is 23.2 Å². The topological polar surface area (TPSA) is 63.6 Å². The monoisotopic (exact) mass is 280 g/mol. The van der Waals surface area contributed by atoms with E-state index in [1.807, 2.05) is 0 Å². The normalized spacial score (nSPS) is 55.1. The van der Waals surface area contributed by atoms with Gasteiger partial charge in [0.2, 0.25) is 0 Å². The van der Waals surface area contributed by atoms with Crippen molar-refractivity contribution in [1.29, 1.82) is 0 Å². The predicted octanol–water partition coefficient (Wildman–Crippen LogP) is 2.08. The van der Waals surface area contributed by atoms with Crippen LogP contribution in [0.15, 0.2) is 0 Å². The molecule has 0 spiro atoms. The average Bonchev–Trinajstić information content (AvgIpc) is 2.57. The van der Waals surface area contributed by atoms with Gasteiger partial charge in [0.05, 0.1) is 5.92 Å². The van der Waals surface area contributed by atoms with E-state index in [0.29, 0.717) is 12.3 Å². The molecule has 3 fully saturated rings. The average molecular weight is 280 g/mol. The summed E-state index contributed by atoms with van der Waals surface area (Å²) in [6.45, 7) is 7.65. The highest BCUT2D eigenvalue weighted by atomic mass is 16.6. The summed E-state index contributed by atoms with van der Waals surface area (Å²) >= 11 is 0. The van der Waals surface area contributed by atoms with E-state index in [-0.39, 0.29) is 17.1 Å². The Kier molecular flexibility index (Phi) is 2.70. The van der Waals surface area contributed by atoms with Crippen LogP contribution in [-0.2, 0) is 14.3 Å². The highest BCUT2D eigenvalue weighted by molar-refractivity contribution is 5.98. The summed E-state index contributed by atoms with van der Waals surface area (Å²) in [4.78, 5) is 24.7. The number of hydrogen-bond donors (Lipinski definition) is 1. The predicted molar refractivity (Wildman–Crippen MR) is 72.8 cm³/mol. The molecule has 3 aliphatic rings. The standard InChI is InChI=1S/C16H24O4/c1-9-6-5-7-11-8-12(17)16(19)10(2)13(18)20-15(16,4)14(9,11)3/h9-11,19H,5-8H2,1-4H3/t9-,10-,11-,14+,15+,16+/m0/s1. The molecule has 0 amide bonds. The van der Waals surface area contributed by atoms with Gasteiger partial charge in [0.25, 0.3) is 0 Å². The minimum Gasteiger partial charge on any atom is -0.455 e. The Hall–Kier alpha value is -0.900. The van der Waals surface area contributed by atoms with E-state index in [1.54, 1.807) is 13.8 Å². The number of ketones is 1. The second kappa shape index (κ2) is 3.85. The smallest absolute Gasteiger partial charge is 0.312 e. The Morgan fingerprint density at radius 3 is 2.50 bits per heavy atom. The molecular formula is C16H24O4. The van der Waals surface area contributed by atoms with Crippen molar-refractivity contribution in [1.82, 2.24) is 0 Å². The summed E-state index contributed by atoms with van der Waals surface area (Å²) in [6, 6.07) is 0. The quantitative estimate of drug-likeness (QED) is 0.690. The van der Waals surface area contributed by atoms with Gasteiger partial charge in [-0.2, -0.15) is 0 Å². The van der Waals surface area contributed by atoms with Crippen LogP contribution >= 0.6 is 0 Å². The number of rotatable bonds is 0. The molecule has 0 aromatic heterocycles. The molecule has 112 valence electrons. The van der Waals surface area contributed by atoms with Crippen LogP contribution in [0.4, 0.5) is 0 Å². The first-order valence-electron chi connectivity index (χ1n) is 7.68. The maximum absolute atomic E-state index is 12.6. The molecule has 0 aromatic rings. The fraction of sp³-hybridized carbons (Fsp3) is 0.875. The van der Waals surface area contributed by atoms with Crippen molar-refractivity contribution in [2.45, 2.75) is 64.6 Å². The minimum absolute atomic E-state index is 0.196. The van der Waals surface area contributed by atoms with E-state index < -0.39 is 23.1 Å². The summed E-state index contributed by atoms with van der Waals surface area (Å²) in [5, 5.41) is 11.1. The van der Waals surface area contributed by atoms with Crippen molar-refractivity contribution in [2.75, 3.05) is 0 Å². The lowest BCUT2D eigenvalue weighted by Crippen LogP contribution is -2.72. The summed E-state index contributed by atoms with van der Waals surface area (Å²) < 4.78 is 5.67. The molecule has 1 saturated heterocycles. The van der Waals surface area contributed by atoms with Crippen molar-refractivity contribution in [3.63, 3.8) is 0 Å². The summed E-state index contributed by atoms with van der Waals surface area (Å²) in [5.41, 5.74) is -3.11. The first-order chi connectivity index (χ1) is 9.19. The van der Waals surface area contributed by atoms with Gasteiger partial charge in [-0.15, -0.1) is 0 Å². The van der Waals surface area contributed by atoms with Crippen LogP contribution in [0.3, 0.4) is 0 Å². The van der Waals surface area contributed by atoms with Crippen LogP contribution < -0.4 is 0 Å². The van der Waals surface area contributed by atoms with E-state index in [0.717, 1.165) is 19.3 Å². The van der Waals surface area contributed by atoms with Gasteiger partial charge in [-0.25, -0.2) is 0 Å². The van der Waals surface area contributed by atoms with Crippen molar-refractivity contribution in [2.24, 2.45) is 23.2 Å². The number of esters is 1. The lowest BCUT2D eigenvalue weighted by atomic mass is 9.45. The Balaban J connectivity index is 2.20. The highest BCUT2D eigenvalue weighted by Crippen LogP contribution is 2.64. The van der Waals surface area contributed by atoms with Crippen LogP contribution in [0.25, 0.3) is 0 Å². The van der Waals surface area contributed by atoms with E-state index in [4.69, 9.17) is 4.74 Å². The molecule has 0 radical (unpaired) electrons. The number of carbonyl (C=O) groups is 2. The van der Waals surface area contributed by atoms with Crippen molar-refractivity contribution < 1.29 is 19.4 Å². The molecule has 0 bridgehead atoms. The fourth-order valence-corrected chi connectivity index (χ4v) is 5.20. The molecule has 3 rings (SSSR count). The van der Waals surface area contributed by atoms with Crippen LogP contribution in [0.2, 0.25) is 0 Å². The number of fused-ring (bicyclic) bond motifs is 3. The van der Waals surface area contributed by atoms with E-state index >= 15 is 0 Å². The van der Waals surface area contributed by atoms with E-state index in [2.05, 4.69) is 13.8 Å². The molecule has 6 atom stereocenters. The van der Waals surface area contributed by atoms with E-state index in [9.17, 15) is 14.7 Å². The number of hydrogen-bond acceptors (Lipinski definition) is 4. The van der Waals surface area contributed by atoms with Crippen molar-refractivity contribution in [3.05, 3.63) is 0 Å². The first-order valence-corrected chi connectivity index (χ1v) is 7.68. The Morgan fingerprint density at radius 2 is 1.85 bits per heavy atom. The van der Waals surface area contributed by atoms with Crippen LogP contribution in [0.5, 0.6) is 0 Å². The number of Topliss-reactive ketones (excluding diaryl/α,β-unsaturated/α-hetero) is 1. The Labute approximate surface area is 119 Å².